The standard InChI is InChI=1S/C15H22N4/c1-3-7-14-17-15(19(2)18-14)11-10-13(16)12-8-5-4-6-9-12/h4-6,8-9,13H,3,7,10-11,16H2,1-2H3. The number of benzene rings is 1. The second kappa shape index (κ2) is 6.48. The summed E-state index contributed by atoms with van der Waals surface area (Å²) in [5.74, 6) is 1.96. The molecule has 1 aromatic heterocycles. The summed E-state index contributed by atoms with van der Waals surface area (Å²) in [5.41, 5.74) is 7.38. The molecule has 1 atom stereocenters. The van der Waals surface area contributed by atoms with Crippen molar-refractivity contribution in [2.24, 2.45) is 12.8 Å². The molecule has 1 aromatic carbocycles. The highest BCUT2D eigenvalue weighted by molar-refractivity contribution is 5.18. The van der Waals surface area contributed by atoms with E-state index >= 15 is 0 Å². The first-order valence-electron chi connectivity index (χ1n) is 6.90. The zero-order chi connectivity index (χ0) is 13.7. The number of aromatic nitrogens is 3. The molecule has 4 heteroatoms. The fraction of sp³-hybridized carbons (Fsp3) is 0.467. The van der Waals surface area contributed by atoms with Crippen molar-refractivity contribution in [1.82, 2.24) is 14.8 Å². The van der Waals surface area contributed by atoms with Gasteiger partial charge in [0, 0.05) is 25.9 Å². The Bertz CT molecular complexity index is 504. The quantitative estimate of drug-likeness (QED) is 0.865. The summed E-state index contributed by atoms with van der Waals surface area (Å²) in [6, 6.07) is 10.3. The van der Waals surface area contributed by atoms with Gasteiger partial charge in [-0.15, -0.1) is 0 Å². The van der Waals surface area contributed by atoms with Crippen molar-refractivity contribution in [3.8, 4) is 0 Å². The zero-order valence-electron chi connectivity index (χ0n) is 11.7. The molecule has 2 N–H and O–H groups in total. The average molecular weight is 258 g/mol. The van der Waals surface area contributed by atoms with Crippen molar-refractivity contribution in [2.45, 2.75) is 38.6 Å². The molecule has 4 nitrogen and oxygen atoms in total. The average Bonchev–Trinajstić information content (AvgIpc) is 2.78. The molecule has 1 unspecified atom stereocenters. The Morgan fingerprint density at radius 2 is 1.95 bits per heavy atom. The van der Waals surface area contributed by atoms with Crippen LogP contribution in [0.4, 0.5) is 0 Å². The van der Waals surface area contributed by atoms with Crippen molar-refractivity contribution < 1.29 is 0 Å². The predicted molar refractivity (Wildman–Crippen MR) is 76.7 cm³/mol. The normalized spacial score (nSPS) is 12.6. The van der Waals surface area contributed by atoms with Crippen LogP contribution in [0.2, 0.25) is 0 Å². The van der Waals surface area contributed by atoms with Crippen LogP contribution in [0.15, 0.2) is 30.3 Å². The van der Waals surface area contributed by atoms with Crippen molar-refractivity contribution >= 4 is 0 Å². The van der Waals surface area contributed by atoms with Crippen LogP contribution in [0.5, 0.6) is 0 Å². The Morgan fingerprint density at radius 3 is 2.63 bits per heavy atom. The molecule has 0 bridgehead atoms. The first-order valence-corrected chi connectivity index (χ1v) is 6.90. The number of aryl methyl sites for hydroxylation is 3. The highest BCUT2D eigenvalue weighted by Crippen LogP contribution is 2.15. The summed E-state index contributed by atoms with van der Waals surface area (Å²) in [6.07, 6.45) is 3.77. The first kappa shape index (κ1) is 13.7. The van der Waals surface area contributed by atoms with E-state index in [0.29, 0.717) is 0 Å². The lowest BCUT2D eigenvalue weighted by atomic mass is 10.0. The fourth-order valence-electron chi connectivity index (χ4n) is 2.17. The molecule has 0 radical (unpaired) electrons. The summed E-state index contributed by atoms with van der Waals surface area (Å²) >= 11 is 0. The van der Waals surface area contributed by atoms with E-state index in [2.05, 4.69) is 29.1 Å². The second-order valence-electron chi connectivity index (χ2n) is 4.87. The van der Waals surface area contributed by atoms with E-state index in [9.17, 15) is 0 Å². The van der Waals surface area contributed by atoms with E-state index in [-0.39, 0.29) is 6.04 Å². The lowest BCUT2D eigenvalue weighted by Crippen LogP contribution is -2.12. The highest BCUT2D eigenvalue weighted by atomic mass is 15.3. The summed E-state index contributed by atoms with van der Waals surface area (Å²) in [7, 11) is 1.95. The number of nitrogens with zero attached hydrogens (tertiary/aromatic N) is 3. The van der Waals surface area contributed by atoms with Gasteiger partial charge in [-0.3, -0.25) is 4.68 Å². The van der Waals surface area contributed by atoms with Gasteiger partial charge in [0.2, 0.25) is 0 Å². The zero-order valence-corrected chi connectivity index (χ0v) is 11.7. The number of hydrogen-bond acceptors (Lipinski definition) is 3. The van der Waals surface area contributed by atoms with Gasteiger partial charge in [-0.05, 0) is 18.4 Å². The van der Waals surface area contributed by atoms with Gasteiger partial charge < -0.3 is 5.73 Å². The summed E-state index contributed by atoms with van der Waals surface area (Å²) in [4.78, 5) is 4.56. The summed E-state index contributed by atoms with van der Waals surface area (Å²) in [5, 5.41) is 4.42. The Morgan fingerprint density at radius 1 is 1.21 bits per heavy atom. The monoisotopic (exact) mass is 258 g/mol. The van der Waals surface area contributed by atoms with Crippen molar-refractivity contribution in [2.75, 3.05) is 0 Å². The lowest BCUT2D eigenvalue weighted by molar-refractivity contribution is 0.604. The Hall–Kier alpha value is -1.68. The number of rotatable bonds is 6. The third-order valence-corrected chi connectivity index (χ3v) is 3.28. The molecular formula is C15H22N4. The van der Waals surface area contributed by atoms with Crippen LogP contribution in [-0.2, 0) is 19.9 Å². The highest BCUT2D eigenvalue weighted by Gasteiger charge is 2.10. The van der Waals surface area contributed by atoms with Crippen LogP contribution in [0.3, 0.4) is 0 Å². The molecule has 0 spiro atoms. The van der Waals surface area contributed by atoms with E-state index in [1.807, 2.05) is 29.9 Å². The maximum Gasteiger partial charge on any atom is 0.150 e. The van der Waals surface area contributed by atoms with Gasteiger partial charge in [-0.1, -0.05) is 37.3 Å². The van der Waals surface area contributed by atoms with Crippen LogP contribution < -0.4 is 5.73 Å². The molecule has 2 aromatic rings. The molecule has 1 heterocycles. The SMILES string of the molecule is CCCc1nc(CCC(N)c2ccccc2)n(C)n1. The maximum atomic E-state index is 6.20. The number of hydrogen-bond donors (Lipinski definition) is 1. The van der Waals surface area contributed by atoms with Crippen LogP contribution in [0.25, 0.3) is 0 Å². The largest absolute Gasteiger partial charge is 0.324 e. The van der Waals surface area contributed by atoms with E-state index in [0.717, 1.165) is 37.3 Å². The van der Waals surface area contributed by atoms with Gasteiger partial charge in [-0.2, -0.15) is 5.10 Å². The molecule has 102 valence electrons. The molecule has 0 saturated carbocycles. The first-order chi connectivity index (χ1) is 9.20. The molecule has 0 saturated heterocycles. The Kier molecular flexibility index (Phi) is 4.68. The van der Waals surface area contributed by atoms with Crippen molar-refractivity contribution in [1.29, 1.82) is 0 Å². The molecule has 0 aliphatic heterocycles. The smallest absolute Gasteiger partial charge is 0.150 e. The van der Waals surface area contributed by atoms with Crippen LogP contribution in [0.1, 0.15) is 43.0 Å². The minimum absolute atomic E-state index is 0.0625. The van der Waals surface area contributed by atoms with E-state index < -0.39 is 0 Å². The Balaban J connectivity index is 1.95. The minimum atomic E-state index is 0.0625. The van der Waals surface area contributed by atoms with Gasteiger partial charge in [-0.25, -0.2) is 4.98 Å². The van der Waals surface area contributed by atoms with Crippen molar-refractivity contribution in [3.63, 3.8) is 0 Å². The molecular weight excluding hydrogens is 236 g/mol. The molecule has 0 amide bonds. The second-order valence-corrected chi connectivity index (χ2v) is 4.87. The maximum absolute atomic E-state index is 6.20. The molecule has 0 fully saturated rings. The van der Waals surface area contributed by atoms with E-state index in [1.54, 1.807) is 0 Å². The van der Waals surface area contributed by atoms with Crippen LogP contribution >= 0.6 is 0 Å². The Labute approximate surface area is 114 Å². The fourth-order valence-corrected chi connectivity index (χ4v) is 2.17. The van der Waals surface area contributed by atoms with Gasteiger partial charge in [0.1, 0.15) is 5.82 Å². The predicted octanol–water partition coefficient (Wildman–Crippen LogP) is 2.40. The van der Waals surface area contributed by atoms with Crippen molar-refractivity contribution in [3.05, 3.63) is 47.5 Å². The molecule has 2 rings (SSSR count). The van der Waals surface area contributed by atoms with Gasteiger partial charge in [0.15, 0.2) is 5.82 Å². The summed E-state index contributed by atoms with van der Waals surface area (Å²) in [6.45, 7) is 2.14. The van der Waals surface area contributed by atoms with Gasteiger partial charge in [0.05, 0.1) is 0 Å². The van der Waals surface area contributed by atoms with Crippen LogP contribution in [0, 0.1) is 0 Å². The molecule has 19 heavy (non-hydrogen) atoms. The van der Waals surface area contributed by atoms with Gasteiger partial charge >= 0.3 is 0 Å². The third-order valence-electron chi connectivity index (χ3n) is 3.28. The molecule has 0 aliphatic carbocycles. The topological polar surface area (TPSA) is 56.7 Å². The summed E-state index contributed by atoms with van der Waals surface area (Å²) < 4.78 is 1.88. The van der Waals surface area contributed by atoms with E-state index in [1.165, 1.54) is 5.56 Å². The van der Waals surface area contributed by atoms with E-state index in [4.69, 9.17) is 5.73 Å². The number of nitrogens with two attached hydrogens (primary N) is 1. The third kappa shape index (κ3) is 3.64. The van der Waals surface area contributed by atoms with Crippen LogP contribution in [-0.4, -0.2) is 14.8 Å². The minimum Gasteiger partial charge on any atom is -0.324 e. The lowest BCUT2D eigenvalue weighted by Gasteiger charge is -2.11. The molecule has 0 aliphatic rings. The van der Waals surface area contributed by atoms with Gasteiger partial charge in [0.25, 0.3) is 0 Å².